The van der Waals surface area contributed by atoms with Crippen LogP contribution in [-0.4, -0.2) is 32.0 Å². The third kappa shape index (κ3) is 3.70. The molecule has 1 fully saturated rings. The van der Waals surface area contributed by atoms with Gasteiger partial charge in [0.25, 0.3) is 0 Å². The van der Waals surface area contributed by atoms with Crippen molar-refractivity contribution in [2.24, 2.45) is 0 Å². The molecular formula is C7H13ClF3NO. The minimum atomic E-state index is -4.20. The molecule has 1 saturated heterocycles. The quantitative estimate of drug-likeness (QED) is 0.726. The highest BCUT2D eigenvalue weighted by Gasteiger charge is 2.42. The molecule has 0 saturated carbocycles. The first-order valence-corrected chi connectivity index (χ1v) is 3.89. The van der Waals surface area contributed by atoms with E-state index < -0.39 is 12.3 Å². The number of hydrogen-bond donors (Lipinski definition) is 1. The lowest BCUT2D eigenvalue weighted by Gasteiger charge is -2.29. The molecular weight excluding hydrogens is 207 g/mol. The Labute approximate surface area is 81.2 Å². The molecule has 2 nitrogen and oxygen atoms in total. The van der Waals surface area contributed by atoms with Gasteiger partial charge in [-0.05, 0) is 19.9 Å². The molecule has 1 rings (SSSR count). The Morgan fingerprint density at radius 1 is 1.31 bits per heavy atom. The van der Waals surface area contributed by atoms with E-state index in [9.17, 15) is 13.2 Å². The molecule has 0 aliphatic carbocycles. The summed E-state index contributed by atoms with van der Waals surface area (Å²) in [6.45, 7) is 0.153. The summed E-state index contributed by atoms with van der Waals surface area (Å²) >= 11 is 0. The Kier molecular flexibility index (Phi) is 5.02. The molecule has 0 aromatic rings. The van der Waals surface area contributed by atoms with Crippen molar-refractivity contribution in [3.8, 4) is 0 Å². The van der Waals surface area contributed by atoms with Crippen LogP contribution in [0, 0.1) is 0 Å². The van der Waals surface area contributed by atoms with Gasteiger partial charge in [0.1, 0.15) is 0 Å². The molecule has 6 heteroatoms. The predicted molar refractivity (Wildman–Crippen MR) is 45.1 cm³/mol. The number of halogens is 4. The van der Waals surface area contributed by atoms with E-state index in [4.69, 9.17) is 0 Å². The van der Waals surface area contributed by atoms with Gasteiger partial charge in [-0.25, -0.2) is 0 Å². The molecule has 0 bridgehead atoms. The first-order chi connectivity index (χ1) is 5.54. The van der Waals surface area contributed by atoms with Gasteiger partial charge in [0.05, 0.1) is 6.61 Å². The van der Waals surface area contributed by atoms with Crippen molar-refractivity contribution in [1.29, 1.82) is 0 Å². The van der Waals surface area contributed by atoms with Crippen molar-refractivity contribution >= 4 is 12.4 Å². The lowest BCUT2D eigenvalue weighted by atomic mass is 10.1. The van der Waals surface area contributed by atoms with Crippen LogP contribution >= 0.6 is 12.4 Å². The van der Waals surface area contributed by atoms with Crippen molar-refractivity contribution < 1.29 is 17.9 Å². The molecule has 0 unspecified atom stereocenters. The number of alkyl halides is 3. The first-order valence-electron chi connectivity index (χ1n) is 3.89. The van der Waals surface area contributed by atoms with Crippen molar-refractivity contribution in [2.75, 3.05) is 13.7 Å². The van der Waals surface area contributed by atoms with E-state index in [0.717, 1.165) is 0 Å². The lowest BCUT2D eigenvalue weighted by Crippen LogP contribution is -2.43. The van der Waals surface area contributed by atoms with Gasteiger partial charge in [-0.1, -0.05) is 0 Å². The number of nitrogens with one attached hydrogen (secondary N) is 1. The molecule has 1 aliphatic rings. The van der Waals surface area contributed by atoms with Crippen LogP contribution in [0.4, 0.5) is 13.2 Å². The van der Waals surface area contributed by atoms with Gasteiger partial charge >= 0.3 is 6.18 Å². The third-order valence-corrected chi connectivity index (χ3v) is 2.05. The Bertz CT molecular complexity index is 145. The van der Waals surface area contributed by atoms with Crippen molar-refractivity contribution in [2.45, 2.75) is 31.2 Å². The van der Waals surface area contributed by atoms with E-state index in [1.54, 1.807) is 7.05 Å². The molecule has 2 atom stereocenters. The normalized spacial score (nSPS) is 29.5. The van der Waals surface area contributed by atoms with E-state index in [2.05, 4.69) is 10.1 Å². The highest BCUT2D eigenvalue weighted by Crippen LogP contribution is 2.29. The third-order valence-electron chi connectivity index (χ3n) is 2.05. The van der Waals surface area contributed by atoms with Crippen LogP contribution in [0.2, 0.25) is 0 Å². The van der Waals surface area contributed by atoms with Crippen LogP contribution in [-0.2, 0) is 4.74 Å². The summed E-state index contributed by atoms with van der Waals surface area (Å²) in [7, 11) is 1.72. The fraction of sp³-hybridized carbons (Fsp3) is 1.00. The van der Waals surface area contributed by atoms with E-state index in [0.29, 0.717) is 6.42 Å². The number of likely N-dealkylation sites (N-methyl/N-ethyl adjacent to an activating group) is 1. The maximum Gasteiger partial charge on any atom is 0.414 e. The average molecular weight is 220 g/mol. The summed E-state index contributed by atoms with van der Waals surface area (Å²) in [6.07, 6.45) is -5.16. The average Bonchev–Trinajstić information content (AvgIpc) is 2.03. The maximum atomic E-state index is 12.0. The minimum absolute atomic E-state index is 0. The zero-order valence-corrected chi connectivity index (χ0v) is 8.04. The van der Waals surface area contributed by atoms with Crippen molar-refractivity contribution in [3.63, 3.8) is 0 Å². The molecule has 1 aliphatic heterocycles. The zero-order chi connectivity index (χ0) is 9.19. The van der Waals surface area contributed by atoms with Crippen LogP contribution in [0.1, 0.15) is 12.8 Å². The Morgan fingerprint density at radius 2 is 1.92 bits per heavy atom. The van der Waals surface area contributed by atoms with E-state index >= 15 is 0 Å². The SMILES string of the molecule is CN[C@H]1CC[C@H](C(F)(F)F)OC1.Cl. The summed E-state index contributed by atoms with van der Waals surface area (Å²) in [5.74, 6) is 0. The van der Waals surface area contributed by atoms with Gasteiger partial charge in [0, 0.05) is 6.04 Å². The highest BCUT2D eigenvalue weighted by molar-refractivity contribution is 5.85. The first kappa shape index (κ1) is 13.0. The monoisotopic (exact) mass is 219 g/mol. The fourth-order valence-electron chi connectivity index (χ4n) is 1.24. The molecule has 1 heterocycles. The largest absolute Gasteiger partial charge is 0.414 e. The van der Waals surface area contributed by atoms with Crippen LogP contribution in [0.15, 0.2) is 0 Å². The highest BCUT2D eigenvalue weighted by atomic mass is 35.5. The van der Waals surface area contributed by atoms with Gasteiger partial charge in [-0.2, -0.15) is 13.2 Å². The molecule has 0 aromatic carbocycles. The van der Waals surface area contributed by atoms with Gasteiger partial charge < -0.3 is 10.1 Å². The summed E-state index contributed by atoms with van der Waals surface area (Å²) in [5.41, 5.74) is 0. The smallest absolute Gasteiger partial charge is 0.367 e. The summed E-state index contributed by atoms with van der Waals surface area (Å²) in [5, 5.41) is 2.88. The number of ether oxygens (including phenoxy) is 1. The Balaban J connectivity index is 0.00000144. The number of hydrogen-bond acceptors (Lipinski definition) is 2. The van der Waals surface area contributed by atoms with Crippen LogP contribution < -0.4 is 5.32 Å². The van der Waals surface area contributed by atoms with Crippen LogP contribution in [0.3, 0.4) is 0 Å². The van der Waals surface area contributed by atoms with Crippen molar-refractivity contribution in [3.05, 3.63) is 0 Å². The summed E-state index contributed by atoms with van der Waals surface area (Å²) < 4.78 is 40.7. The topological polar surface area (TPSA) is 21.3 Å². The van der Waals surface area contributed by atoms with E-state index in [-0.39, 0.29) is 31.5 Å². The van der Waals surface area contributed by atoms with Crippen molar-refractivity contribution in [1.82, 2.24) is 5.32 Å². The Morgan fingerprint density at radius 3 is 2.23 bits per heavy atom. The van der Waals surface area contributed by atoms with Crippen LogP contribution in [0.5, 0.6) is 0 Å². The molecule has 80 valence electrons. The second kappa shape index (κ2) is 5.02. The minimum Gasteiger partial charge on any atom is -0.367 e. The van der Waals surface area contributed by atoms with Gasteiger partial charge in [-0.15, -0.1) is 12.4 Å². The van der Waals surface area contributed by atoms with Gasteiger partial charge in [-0.3, -0.25) is 0 Å². The lowest BCUT2D eigenvalue weighted by molar-refractivity contribution is -0.232. The summed E-state index contributed by atoms with van der Waals surface area (Å²) in [4.78, 5) is 0. The van der Waals surface area contributed by atoms with Crippen LogP contribution in [0.25, 0.3) is 0 Å². The molecule has 0 spiro atoms. The second-order valence-electron chi connectivity index (χ2n) is 2.93. The molecule has 0 radical (unpaired) electrons. The predicted octanol–water partition coefficient (Wildman–Crippen LogP) is 1.74. The second-order valence-corrected chi connectivity index (χ2v) is 2.93. The van der Waals surface area contributed by atoms with Gasteiger partial charge in [0.2, 0.25) is 0 Å². The standard InChI is InChI=1S/C7H12F3NO.ClH/c1-11-5-2-3-6(12-4-5)7(8,9)10;/h5-6,11H,2-4H2,1H3;1H/t5-,6+;/m0./s1. The zero-order valence-electron chi connectivity index (χ0n) is 7.23. The Hall–Kier alpha value is 0. The van der Waals surface area contributed by atoms with Gasteiger partial charge in [0.15, 0.2) is 6.10 Å². The summed E-state index contributed by atoms with van der Waals surface area (Å²) in [6, 6.07) is 0.0728. The molecule has 0 aromatic heterocycles. The van der Waals surface area contributed by atoms with E-state index in [1.165, 1.54) is 0 Å². The molecule has 1 N–H and O–H groups in total. The van der Waals surface area contributed by atoms with E-state index in [1.807, 2.05) is 0 Å². The maximum absolute atomic E-state index is 12.0. The molecule has 0 amide bonds. The fourth-order valence-corrected chi connectivity index (χ4v) is 1.24. The molecule has 13 heavy (non-hydrogen) atoms. The number of rotatable bonds is 1.